The highest BCUT2D eigenvalue weighted by Crippen LogP contribution is 2.27. The van der Waals surface area contributed by atoms with E-state index in [9.17, 15) is 0 Å². The molecule has 2 saturated heterocycles. The van der Waals surface area contributed by atoms with Crippen LogP contribution in [0.25, 0.3) is 0 Å². The van der Waals surface area contributed by atoms with Crippen LogP contribution in [-0.4, -0.2) is 60.7 Å². The van der Waals surface area contributed by atoms with Crippen LogP contribution in [0.3, 0.4) is 0 Å². The summed E-state index contributed by atoms with van der Waals surface area (Å²) in [5.74, 6) is 0.585. The Hall–Kier alpha value is -1.69. The zero-order valence-corrected chi connectivity index (χ0v) is 15.4. The van der Waals surface area contributed by atoms with E-state index in [0.717, 1.165) is 52.3 Å². The zero-order valence-electron chi connectivity index (χ0n) is 15.4. The maximum atomic E-state index is 5.75. The van der Waals surface area contributed by atoms with Gasteiger partial charge < -0.3 is 14.4 Å². The molecule has 0 aliphatic carbocycles. The number of likely N-dealkylation sites (tertiary alicyclic amines) is 1. The molecule has 4 rings (SSSR count). The fourth-order valence-electron chi connectivity index (χ4n) is 3.98. The molecular weight excluding hydrogens is 326 g/mol. The fourth-order valence-corrected chi connectivity index (χ4v) is 3.98. The summed E-state index contributed by atoms with van der Waals surface area (Å²) in [6.45, 7) is 5.67. The van der Waals surface area contributed by atoms with Crippen LogP contribution in [0.1, 0.15) is 42.1 Å². The monoisotopic (exact) mass is 355 g/mol. The van der Waals surface area contributed by atoms with Crippen molar-refractivity contribution in [2.24, 2.45) is 0 Å². The molecule has 26 heavy (non-hydrogen) atoms. The molecule has 2 aliphatic rings. The lowest BCUT2D eigenvalue weighted by Crippen LogP contribution is -2.37. The van der Waals surface area contributed by atoms with Crippen molar-refractivity contribution in [3.63, 3.8) is 0 Å². The van der Waals surface area contributed by atoms with E-state index in [1.54, 1.807) is 0 Å². The van der Waals surface area contributed by atoms with Gasteiger partial charge in [-0.15, -0.1) is 0 Å². The average Bonchev–Trinajstić information content (AvgIpc) is 3.17. The average molecular weight is 355 g/mol. The van der Waals surface area contributed by atoms with Gasteiger partial charge in [0.2, 0.25) is 0 Å². The number of aromatic nitrogens is 2. The Labute approximate surface area is 155 Å². The lowest BCUT2D eigenvalue weighted by Gasteiger charge is -2.32. The maximum absolute atomic E-state index is 5.75. The van der Waals surface area contributed by atoms with Crippen LogP contribution in [0.5, 0.6) is 0 Å². The Kier molecular flexibility index (Phi) is 5.99. The SMILES string of the molecule is c1ccc(Cc2cc(C3CCN(CCC4COCCO4)CC3)n[nH]2)cc1. The first kappa shape index (κ1) is 17.7. The minimum atomic E-state index is 0.286. The summed E-state index contributed by atoms with van der Waals surface area (Å²) in [5.41, 5.74) is 3.77. The minimum absolute atomic E-state index is 0.286. The molecule has 140 valence electrons. The summed E-state index contributed by atoms with van der Waals surface area (Å²) in [6, 6.07) is 12.8. The van der Waals surface area contributed by atoms with Crippen LogP contribution in [0.4, 0.5) is 0 Å². The first-order valence-electron chi connectivity index (χ1n) is 9.86. The molecule has 5 heteroatoms. The predicted octanol–water partition coefficient (Wildman–Crippen LogP) is 2.99. The molecule has 1 atom stereocenters. The fraction of sp³-hybridized carbons (Fsp3) is 0.571. The number of H-pyrrole nitrogens is 1. The highest BCUT2D eigenvalue weighted by Gasteiger charge is 2.23. The highest BCUT2D eigenvalue weighted by molar-refractivity contribution is 5.23. The van der Waals surface area contributed by atoms with E-state index in [1.165, 1.54) is 29.8 Å². The number of piperidine rings is 1. The molecule has 0 amide bonds. The van der Waals surface area contributed by atoms with E-state index in [1.807, 2.05) is 0 Å². The predicted molar refractivity (Wildman–Crippen MR) is 101 cm³/mol. The lowest BCUT2D eigenvalue weighted by atomic mass is 9.93. The Morgan fingerprint density at radius 3 is 2.73 bits per heavy atom. The Morgan fingerprint density at radius 2 is 1.96 bits per heavy atom. The number of ether oxygens (including phenoxy) is 2. The van der Waals surface area contributed by atoms with Gasteiger partial charge in [-0.3, -0.25) is 5.10 Å². The summed E-state index contributed by atoms with van der Waals surface area (Å²) >= 11 is 0. The van der Waals surface area contributed by atoms with E-state index >= 15 is 0 Å². The number of benzene rings is 1. The smallest absolute Gasteiger partial charge is 0.0821 e. The van der Waals surface area contributed by atoms with Crippen LogP contribution in [0.2, 0.25) is 0 Å². The largest absolute Gasteiger partial charge is 0.376 e. The molecule has 2 aromatic rings. The van der Waals surface area contributed by atoms with Gasteiger partial charge in [-0.05, 0) is 44.0 Å². The molecule has 1 aromatic carbocycles. The van der Waals surface area contributed by atoms with E-state index < -0.39 is 0 Å². The Morgan fingerprint density at radius 1 is 1.12 bits per heavy atom. The number of aromatic amines is 1. The first-order valence-corrected chi connectivity index (χ1v) is 9.86. The van der Waals surface area contributed by atoms with Crippen molar-refractivity contribution < 1.29 is 9.47 Å². The van der Waals surface area contributed by atoms with Crippen molar-refractivity contribution in [3.8, 4) is 0 Å². The quantitative estimate of drug-likeness (QED) is 0.865. The van der Waals surface area contributed by atoms with Gasteiger partial charge in [0.1, 0.15) is 0 Å². The van der Waals surface area contributed by atoms with Crippen molar-refractivity contribution >= 4 is 0 Å². The van der Waals surface area contributed by atoms with Crippen LogP contribution in [-0.2, 0) is 15.9 Å². The van der Waals surface area contributed by atoms with Gasteiger partial charge in [-0.2, -0.15) is 5.10 Å². The maximum Gasteiger partial charge on any atom is 0.0821 e. The molecule has 3 heterocycles. The van der Waals surface area contributed by atoms with Crippen molar-refractivity contribution in [1.82, 2.24) is 15.1 Å². The Balaban J connectivity index is 1.23. The molecule has 2 aliphatic heterocycles. The summed E-state index contributed by atoms with van der Waals surface area (Å²) in [6.07, 6.45) is 4.67. The molecule has 5 nitrogen and oxygen atoms in total. The third kappa shape index (κ3) is 4.72. The van der Waals surface area contributed by atoms with Crippen molar-refractivity contribution in [1.29, 1.82) is 0 Å². The second kappa shape index (κ2) is 8.80. The molecular formula is C21H29N3O2. The number of hydrogen-bond acceptors (Lipinski definition) is 4. The lowest BCUT2D eigenvalue weighted by molar-refractivity contribution is -0.0930. The van der Waals surface area contributed by atoms with Crippen LogP contribution < -0.4 is 0 Å². The Bertz CT molecular complexity index is 659. The number of nitrogens with one attached hydrogen (secondary N) is 1. The molecule has 2 fully saturated rings. The third-order valence-corrected chi connectivity index (χ3v) is 5.55. The van der Waals surface area contributed by atoms with Crippen molar-refractivity contribution in [2.75, 3.05) is 39.5 Å². The first-order chi connectivity index (χ1) is 12.9. The zero-order chi connectivity index (χ0) is 17.6. The van der Waals surface area contributed by atoms with Crippen molar-refractivity contribution in [3.05, 3.63) is 53.3 Å². The number of hydrogen-bond donors (Lipinski definition) is 1. The van der Waals surface area contributed by atoms with Crippen molar-refractivity contribution in [2.45, 2.75) is 37.7 Å². The second-order valence-electron chi connectivity index (χ2n) is 7.45. The van der Waals surface area contributed by atoms with Crippen LogP contribution in [0.15, 0.2) is 36.4 Å². The summed E-state index contributed by atoms with van der Waals surface area (Å²) < 4.78 is 11.2. The van der Waals surface area contributed by atoms with Gasteiger partial charge in [0, 0.05) is 24.6 Å². The van der Waals surface area contributed by atoms with Gasteiger partial charge in [0.15, 0.2) is 0 Å². The van der Waals surface area contributed by atoms with E-state index in [4.69, 9.17) is 9.47 Å². The van der Waals surface area contributed by atoms with E-state index in [-0.39, 0.29) is 6.10 Å². The molecule has 0 spiro atoms. The third-order valence-electron chi connectivity index (χ3n) is 5.55. The van der Waals surface area contributed by atoms with E-state index in [2.05, 4.69) is 51.5 Å². The summed E-state index contributed by atoms with van der Waals surface area (Å²) in [5, 5.41) is 7.84. The van der Waals surface area contributed by atoms with Crippen LogP contribution in [0, 0.1) is 0 Å². The second-order valence-corrected chi connectivity index (χ2v) is 7.45. The van der Waals surface area contributed by atoms with E-state index in [0.29, 0.717) is 5.92 Å². The highest BCUT2D eigenvalue weighted by atomic mass is 16.6. The van der Waals surface area contributed by atoms with Gasteiger partial charge in [0.25, 0.3) is 0 Å². The van der Waals surface area contributed by atoms with Gasteiger partial charge in [0.05, 0.1) is 31.6 Å². The standard InChI is InChI=1S/C21H29N3O2/c1-2-4-17(5-3-1)14-19-15-21(23-22-19)18-6-9-24(10-7-18)11-8-20-16-25-12-13-26-20/h1-5,15,18,20H,6-14,16H2,(H,22,23). The van der Waals surface area contributed by atoms with Crippen LogP contribution >= 0.6 is 0 Å². The minimum Gasteiger partial charge on any atom is -0.376 e. The normalized spacial score (nSPS) is 22.5. The summed E-state index contributed by atoms with van der Waals surface area (Å²) in [4.78, 5) is 2.56. The molecule has 0 radical (unpaired) electrons. The van der Waals surface area contributed by atoms with Gasteiger partial charge in [-0.1, -0.05) is 30.3 Å². The van der Waals surface area contributed by atoms with Gasteiger partial charge in [-0.25, -0.2) is 0 Å². The topological polar surface area (TPSA) is 50.4 Å². The molecule has 0 bridgehead atoms. The molecule has 1 aromatic heterocycles. The number of rotatable bonds is 6. The molecule has 1 N–H and O–H groups in total. The molecule has 1 unspecified atom stereocenters. The van der Waals surface area contributed by atoms with Gasteiger partial charge >= 0.3 is 0 Å². The summed E-state index contributed by atoms with van der Waals surface area (Å²) in [7, 11) is 0. The number of nitrogens with zero attached hydrogens (tertiary/aromatic N) is 2. The molecule has 0 saturated carbocycles.